The molecule has 182 valence electrons. The van der Waals surface area contributed by atoms with Crippen molar-refractivity contribution < 1.29 is 19.1 Å². The number of fused-ring (bicyclic) bond motifs is 1. The van der Waals surface area contributed by atoms with Gasteiger partial charge in [0.05, 0.1) is 6.54 Å². The highest BCUT2D eigenvalue weighted by Gasteiger charge is 2.32. The van der Waals surface area contributed by atoms with E-state index in [1.165, 1.54) is 10.5 Å². The summed E-state index contributed by atoms with van der Waals surface area (Å²) in [6, 6.07) is 3.41. The van der Waals surface area contributed by atoms with E-state index in [0.717, 1.165) is 69.5 Å². The smallest absolute Gasteiger partial charge is 0.326 e. The fourth-order valence-corrected chi connectivity index (χ4v) is 4.74. The molecule has 2 atom stereocenters. The minimum absolute atomic E-state index is 0.0432. The average molecular weight is 462 g/mol. The second-order valence-corrected chi connectivity index (χ2v) is 9.53. The molecule has 0 radical (unpaired) electrons. The van der Waals surface area contributed by atoms with Crippen LogP contribution in [0, 0.1) is 0 Å². The van der Waals surface area contributed by atoms with Gasteiger partial charge in [0.15, 0.2) is 0 Å². The zero-order chi connectivity index (χ0) is 23.2. The molecule has 3 N–H and O–H groups in total. The summed E-state index contributed by atoms with van der Waals surface area (Å²) >= 11 is 0. The van der Waals surface area contributed by atoms with E-state index in [1.54, 1.807) is 0 Å². The van der Waals surface area contributed by atoms with E-state index in [-0.39, 0.29) is 6.54 Å². The molecule has 4 rings (SSSR count). The Balaban J connectivity index is 1.20. The number of carbonyl (C=O) groups excluding carboxylic acids is 1. The zero-order valence-electron chi connectivity index (χ0n) is 19.3. The first-order valence-electron chi connectivity index (χ1n) is 12.4. The molecule has 2 fully saturated rings. The van der Waals surface area contributed by atoms with Crippen molar-refractivity contribution in [2.75, 3.05) is 38.0 Å². The number of amides is 2. The van der Waals surface area contributed by atoms with Gasteiger partial charge in [0, 0.05) is 31.4 Å². The number of unbranched alkanes of at least 4 members (excludes halogenated alkanes) is 1. The van der Waals surface area contributed by atoms with Crippen LogP contribution >= 0.6 is 0 Å². The topological polar surface area (TPSA) is 97.8 Å². The van der Waals surface area contributed by atoms with Crippen LogP contribution in [0.2, 0.25) is 0 Å². The van der Waals surface area contributed by atoms with Gasteiger partial charge >= 0.3 is 12.0 Å². The van der Waals surface area contributed by atoms with Crippen LogP contribution in [0.15, 0.2) is 12.1 Å². The molecule has 1 aromatic heterocycles. The lowest BCUT2D eigenvalue weighted by Gasteiger charge is -2.25. The van der Waals surface area contributed by atoms with Gasteiger partial charge in [-0.05, 0) is 76.0 Å². The molecule has 33 heavy (non-hydrogen) atoms. The number of carboxylic acid groups (broad SMARTS) is 1. The predicted molar refractivity (Wildman–Crippen MR) is 124 cm³/mol. The molecule has 2 amide bonds. The quantitative estimate of drug-likeness (QED) is 0.439. The number of pyridine rings is 1. The SMILES string of the molecule is O=C(O)C(CCN(CCCCc1ccc2c(n1)NCCC2)C1CC1)NC(=O)N1CC[C@H](F)C1. The molecule has 3 heterocycles. The molecule has 1 aliphatic carbocycles. The van der Waals surface area contributed by atoms with E-state index < -0.39 is 24.2 Å². The lowest BCUT2D eigenvalue weighted by atomic mass is 10.1. The number of hydrogen-bond acceptors (Lipinski definition) is 5. The number of nitrogens with zero attached hydrogens (tertiary/aromatic N) is 3. The van der Waals surface area contributed by atoms with Crippen LogP contribution < -0.4 is 10.6 Å². The summed E-state index contributed by atoms with van der Waals surface area (Å²) in [5.74, 6) is -0.00160. The lowest BCUT2D eigenvalue weighted by Crippen LogP contribution is -2.48. The summed E-state index contributed by atoms with van der Waals surface area (Å²) in [5.41, 5.74) is 2.42. The normalized spacial score (nSPS) is 20.9. The highest BCUT2D eigenvalue weighted by atomic mass is 19.1. The number of alkyl halides is 1. The third-order valence-corrected chi connectivity index (χ3v) is 6.86. The van der Waals surface area contributed by atoms with Crippen molar-refractivity contribution in [1.29, 1.82) is 0 Å². The third-order valence-electron chi connectivity index (χ3n) is 6.86. The predicted octanol–water partition coefficient (Wildman–Crippen LogP) is 2.82. The highest BCUT2D eigenvalue weighted by molar-refractivity contribution is 5.82. The van der Waals surface area contributed by atoms with Crippen LogP contribution in [0.3, 0.4) is 0 Å². The van der Waals surface area contributed by atoms with E-state index in [9.17, 15) is 19.1 Å². The number of aliphatic carboxylic acids is 1. The van der Waals surface area contributed by atoms with E-state index in [0.29, 0.717) is 32.0 Å². The Morgan fingerprint density at radius 2 is 2.12 bits per heavy atom. The number of aryl methyl sites for hydroxylation is 2. The Bertz CT molecular complexity index is 834. The maximum atomic E-state index is 13.4. The molecule has 9 heteroatoms. The van der Waals surface area contributed by atoms with Crippen molar-refractivity contribution in [3.63, 3.8) is 0 Å². The molecule has 1 aromatic rings. The number of hydrogen-bond donors (Lipinski definition) is 3. The maximum absolute atomic E-state index is 13.4. The van der Waals surface area contributed by atoms with Gasteiger partial charge in [0.25, 0.3) is 0 Å². The second kappa shape index (κ2) is 11.1. The Morgan fingerprint density at radius 3 is 2.85 bits per heavy atom. The van der Waals surface area contributed by atoms with Gasteiger partial charge in [-0.2, -0.15) is 0 Å². The first-order chi connectivity index (χ1) is 16.0. The van der Waals surface area contributed by atoms with Gasteiger partial charge in [-0.15, -0.1) is 0 Å². The molecule has 8 nitrogen and oxygen atoms in total. The number of urea groups is 1. The van der Waals surface area contributed by atoms with E-state index in [4.69, 9.17) is 4.98 Å². The number of halogens is 1. The van der Waals surface area contributed by atoms with Crippen molar-refractivity contribution in [2.24, 2.45) is 0 Å². The molecule has 0 aromatic carbocycles. The number of carbonyl (C=O) groups is 2. The number of anilines is 1. The molecule has 0 bridgehead atoms. The van der Waals surface area contributed by atoms with Crippen LogP contribution in [-0.2, 0) is 17.6 Å². The Hall–Kier alpha value is -2.42. The molecule has 1 saturated carbocycles. The molecule has 2 aliphatic heterocycles. The fourth-order valence-electron chi connectivity index (χ4n) is 4.74. The summed E-state index contributed by atoms with van der Waals surface area (Å²) in [6.45, 7) is 2.93. The van der Waals surface area contributed by atoms with Crippen molar-refractivity contribution in [2.45, 2.75) is 76.0 Å². The van der Waals surface area contributed by atoms with Crippen molar-refractivity contribution >= 4 is 17.8 Å². The summed E-state index contributed by atoms with van der Waals surface area (Å²) in [7, 11) is 0. The molecule has 3 aliphatic rings. The van der Waals surface area contributed by atoms with Crippen molar-refractivity contribution in [3.05, 3.63) is 23.4 Å². The monoisotopic (exact) mass is 461 g/mol. The maximum Gasteiger partial charge on any atom is 0.326 e. The average Bonchev–Trinajstić information content (AvgIpc) is 3.56. The second-order valence-electron chi connectivity index (χ2n) is 9.53. The van der Waals surface area contributed by atoms with Gasteiger partial charge in [-0.25, -0.2) is 19.0 Å². The van der Waals surface area contributed by atoms with Gasteiger partial charge < -0.3 is 25.5 Å². The molecular formula is C24H36FN5O3. The number of aromatic nitrogens is 1. The van der Waals surface area contributed by atoms with Crippen molar-refractivity contribution in [3.8, 4) is 0 Å². The van der Waals surface area contributed by atoms with Crippen LogP contribution in [-0.4, -0.2) is 82.9 Å². The van der Waals surface area contributed by atoms with Crippen LogP contribution in [0.4, 0.5) is 15.0 Å². The fraction of sp³-hybridized carbons (Fsp3) is 0.708. The first-order valence-corrected chi connectivity index (χ1v) is 12.4. The Morgan fingerprint density at radius 1 is 1.27 bits per heavy atom. The number of likely N-dealkylation sites (tertiary alicyclic amines) is 1. The third kappa shape index (κ3) is 6.79. The number of nitrogens with one attached hydrogen (secondary N) is 2. The van der Waals surface area contributed by atoms with E-state index in [2.05, 4.69) is 27.7 Å². The van der Waals surface area contributed by atoms with Gasteiger partial charge in [-0.1, -0.05) is 6.07 Å². The molecular weight excluding hydrogens is 425 g/mol. The standard InChI is InChI=1S/C24H36FN5O3/c25-18-10-14-30(16-18)24(33)28-21(23(31)32)11-15-29(20-8-9-20)13-2-1-5-19-7-6-17-4-3-12-26-22(17)27-19/h6-7,18,20-21H,1-5,8-16H2,(H,26,27)(H,28,33)(H,31,32)/t18-,21?/m0/s1. The minimum Gasteiger partial charge on any atom is -0.480 e. The lowest BCUT2D eigenvalue weighted by molar-refractivity contribution is -0.139. The van der Waals surface area contributed by atoms with Gasteiger partial charge in [-0.3, -0.25) is 0 Å². The minimum atomic E-state index is -1.04. The summed E-state index contributed by atoms with van der Waals surface area (Å²) in [5, 5.41) is 15.5. The molecule has 1 saturated heterocycles. The van der Waals surface area contributed by atoms with Crippen LogP contribution in [0.1, 0.15) is 56.2 Å². The van der Waals surface area contributed by atoms with Gasteiger partial charge in [0.2, 0.25) is 0 Å². The van der Waals surface area contributed by atoms with Crippen LogP contribution in [0.5, 0.6) is 0 Å². The number of carboxylic acids is 1. The summed E-state index contributed by atoms with van der Waals surface area (Å²) in [6.07, 6.45) is 7.20. The largest absolute Gasteiger partial charge is 0.480 e. The van der Waals surface area contributed by atoms with Crippen molar-refractivity contribution in [1.82, 2.24) is 20.1 Å². The van der Waals surface area contributed by atoms with Gasteiger partial charge in [0.1, 0.15) is 18.0 Å². The Labute approximate surface area is 194 Å². The zero-order valence-corrected chi connectivity index (χ0v) is 19.3. The first kappa shape index (κ1) is 23.7. The van der Waals surface area contributed by atoms with E-state index in [1.807, 2.05) is 0 Å². The van der Waals surface area contributed by atoms with E-state index >= 15 is 0 Å². The van der Waals surface area contributed by atoms with Crippen LogP contribution in [0.25, 0.3) is 0 Å². The highest BCUT2D eigenvalue weighted by Crippen LogP contribution is 2.27. The summed E-state index contributed by atoms with van der Waals surface area (Å²) in [4.78, 5) is 32.5. The molecule has 1 unspecified atom stereocenters. The Kier molecular flexibility index (Phi) is 8.01. The summed E-state index contributed by atoms with van der Waals surface area (Å²) < 4.78 is 13.4. The molecule has 0 spiro atoms. The number of rotatable bonds is 11.